The van der Waals surface area contributed by atoms with Gasteiger partial charge in [0.15, 0.2) is 6.10 Å². The molecule has 1 aliphatic heterocycles. The summed E-state index contributed by atoms with van der Waals surface area (Å²) in [5.74, 6) is 1.43. The fraction of sp³-hybridized carbons (Fsp3) is 0.429. The Morgan fingerprint density at radius 3 is 2.44 bits per heavy atom. The molecule has 39 heavy (non-hydrogen) atoms. The molecule has 0 saturated carbocycles. The summed E-state index contributed by atoms with van der Waals surface area (Å²) < 4.78 is 24.4. The number of aromatic nitrogens is 3. The third-order valence-corrected chi connectivity index (χ3v) is 6.43. The van der Waals surface area contributed by atoms with Gasteiger partial charge < -0.3 is 30.1 Å². The van der Waals surface area contributed by atoms with Gasteiger partial charge in [-0.1, -0.05) is 19.1 Å². The SMILES string of the molecule is CCOC(Cc1ccc(OCCNc2nc(Nc3ccc(F)cc3)nc(N3CCC(C)CC3)n2)cc1)C(=O)O. The maximum atomic E-state index is 13.3. The number of nitrogens with one attached hydrogen (secondary N) is 2. The first-order chi connectivity index (χ1) is 18.9. The molecule has 2 heterocycles. The molecule has 3 aromatic rings. The van der Waals surface area contributed by atoms with Crippen LogP contribution in [0.1, 0.15) is 32.3 Å². The minimum absolute atomic E-state index is 0.289. The smallest absolute Gasteiger partial charge is 0.333 e. The monoisotopic (exact) mass is 538 g/mol. The van der Waals surface area contributed by atoms with Gasteiger partial charge in [-0.2, -0.15) is 15.0 Å². The van der Waals surface area contributed by atoms with Crippen molar-refractivity contribution in [3.63, 3.8) is 0 Å². The van der Waals surface area contributed by atoms with E-state index in [0.29, 0.717) is 55.0 Å². The number of benzene rings is 2. The summed E-state index contributed by atoms with van der Waals surface area (Å²) in [6.45, 7) is 6.92. The maximum Gasteiger partial charge on any atom is 0.333 e. The first-order valence-corrected chi connectivity index (χ1v) is 13.2. The summed E-state index contributed by atoms with van der Waals surface area (Å²) in [6, 6.07) is 13.3. The van der Waals surface area contributed by atoms with Crippen LogP contribution in [0, 0.1) is 11.7 Å². The van der Waals surface area contributed by atoms with Gasteiger partial charge in [0, 0.05) is 31.8 Å². The fourth-order valence-corrected chi connectivity index (χ4v) is 4.20. The van der Waals surface area contributed by atoms with Gasteiger partial charge in [0.25, 0.3) is 0 Å². The van der Waals surface area contributed by atoms with Gasteiger partial charge in [0.2, 0.25) is 17.8 Å². The molecule has 1 aliphatic rings. The van der Waals surface area contributed by atoms with E-state index in [0.717, 1.165) is 31.5 Å². The van der Waals surface area contributed by atoms with Gasteiger partial charge in [-0.25, -0.2) is 9.18 Å². The van der Waals surface area contributed by atoms with E-state index < -0.39 is 12.1 Å². The van der Waals surface area contributed by atoms with Crippen molar-refractivity contribution in [1.82, 2.24) is 15.0 Å². The minimum atomic E-state index is -0.976. The van der Waals surface area contributed by atoms with Gasteiger partial charge in [0.05, 0.1) is 6.54 Å². The second kappa shape index (κ2) is 13.7. The lowest BCUT2D eigenvalue weighted by molar-refractivity contribution is -0.149. The molecule has 1 aromatic heterocycles. The Hall–Kier alpha value is -3.99. The Kier molecular flexibility index (Phi) is 9.85. The van der Waals surface area contributed by atoms with Gasteiger partial charge in [-0.05, 0) is 67.6 Å². The van der Waals surface area contributed by atoms with Crippen molar-refractivity contribution in [2.45, 2.75) is 39.2 Å². The Morgan fingerprint density at radius 2 is 1.77 bits per heavy atom. The minimum Gasteiger partial charge on any atom is -0.492 e. The lowest BCUT2D eigenvalue weighted by Crippen LogP contribution is -2.34. The predicted molar refractivity (Wildman–Crippen MR) is 147 cm³/mol. The number of carboxylic acid groups (broad SMARTS) is 1. The lowest BCUT2D eigenvalue weighted by Gasteiger charge is -2.30. The molecule has 0 amide bonds. The zero-order chi connectivity index (χ0) is 27.6. The first-order valence-electron chi connectivity index (χ1n) is 13.2. The molecule has 0 bridgehead atoms. The molecule has 11 heteroatoms. The van der Waals surface area contributed by atoms with Crippen LogP contribution in [0.5, 0.6) is 5.75 Å². The van der Waals surface area contributed by atoms with E-state index in [1.807, 2.05) is 24.3 Å². The van der Waals surface area contributed by atoms with Crippen molar-refractivity contribution >= 4 is 29.5 Å². The third-order valence-electron chi connectivity index (χ3n) is 6.43. The molecule has 0 spiro atoms. The van der Waals surface area contributed by atoms with Gasteiger partial charge in [0.1, 0.15) is 18.2 Å². The molecule has 0 aliphatic carbocycles. The summed E-state index contributed by atoms with van der Waals surface area (Å²) in [4.78, 5) is 27.2. The van der Waals surface area contributed by atoms with Gasteiger partial charge in [-0.3, -0.25) is 0 Å². The molecule has 0 radical (unpaired) electrons. The average Bonchev–Trinajstić information content (AvgIpc) is 2.93. The Bertz CT molecular complexity index is 1200. The number of hydrogen-bond donors (Lipinski definition) is 3. The highest BCUT2D eigenvalue weighted by atomic mass is 19.1. The number of ether oxygens (including phenoxy) is 2. The largest absolute Gasteiger partial charge is 0.492 e. The van der Waals surface area contributed by atoms with Crippen LogP contribution in [-0.4, -0.2) is 65.0 Å². The Labute approximate surface area is 227 Å². The molecule has 1 fully saturated rings. The molecule has 2 aromatic carbocycles. The van der Waals surface area contributed by atoms with Crippen LogP contribution < -0.4 is 20.3 Å². The average molecular weight is 539 g/mol. The van der Waals surface area contributed by atoms with Crippen LogP contribution in [0.2, 0.25) is 0 Å². The van der Waals surface area contributed by atoms with Crippen molar-refractivity contribution < 1.29 is 23.8 Å². The third kappa shape index (κ3) is 8.51. The summed E-state index contributed by atoms with van der Waals surface area (Å²) in [7, 11) is 0. The van der Waals surface area contributed by atoms with Gasteiger partial charge >= 0.3 is 5.97 Å². The maximum absolute atomic E-state index is 13.3. The Morgan fingerprint density at radius 1 is 1.08 bits per heavy atom. The summed E-state index contributed by atoms with van der Waals surface area (Å²) in [5.41, 5.74) is 1.53. The highest BCUT2D eigenvalue weighted by Crippen LogP contribution is 2.23. The molecular formula is C28H35FN6O4. The molecule has 4 rings (SSSR count). The zero-order valence-corrected chi connectivity index (χ0v) is 22.3. The first kappa shape index (κ1) is 28.0. The predicted octanol–water partition coefficient (Wildman–Crippen LogP) is 4.51. The lowest BCUT2D eigenvalue weighted by atomic mass is 10.00. The van der Waals surface area contributed by atoms with Crippen LogP contribution in [0.15, 0.2) is 48.5 Å². The normalized spacial score (nSPS) is 14.6. The van der Waals surface area contributed by atoms with Crippen LogP contribution in [0.25, 0.3) is 0 Å². The fourth-order valence-electron chi connectivity index (χ4n) is 4.20. The number of anilines is 4. The standard InChI is InChI=1S/C28H35FN6O4/c1-3-38-24(25(36)37)18-20-4-10-23(11-5-20)39-17-14-30-26-32-27(31-22-8-6-21(29)7-9-22)34-28(33-26)35-15-12-19(2)13-16-35/h4-11,19,24H,3,12-18H2,1-2H3,(H,36,37)(H2,30,31,32,33,34). The number of halogens is 1. The number of nitrogens with zero attached hydrogens (tertiary/aromatic N) is 4. The quantitative estimate of drug-likeness (QED) is 0.268. The number of rotatable bonds is 13. The van der Waals surface area contributed by atoms with Crippen LogP contribution in [0.3, 0.4) is 0 Å². The van der Waals surface area contributed by atoms with Crippen molar-refractivity contribution in [2.24, 2.45) is 5.92 Å². The Balaban J connectivity index is 1.35. The van der Waals surface area contributed by atoms with Crippen molar-refractivity contribution in [3.05, 3.63) is 59.9 Å². The topological polar surface area (TPSA) is 122 Å². The van der Waals surface area contributed by atoms with E-state index in [2.05, 4.69) is 37.4 Å². The summed E-state index contributed by atoms with van der Waals surface area (Å²) >= 11 is 0. The number of piperidine rings is 1. The summed E-state index contributed by atoms with van der Waals surface area (Å²) in [5, 5.41) is 15.6. The van der Waals surface area contributed by atoms with Crippen molar-refractivity contribution in [2.75, 3.05) is 48.4 Å². The highest BCUT2D eigenvalue weighted by molar-refractivity contribution is 5.72. The molecule has 208 valence electrons. The number of carbonyl (C=O) groups is 1. The molecule has 3 N–H and O–H groups in total. The van der Waals surface area contributed by atoms with Gasteiger partial charge in [-0.15, -0.1) is 0 Å². The summed E-state index contributed by atoms with van der Waals surface area (Å²) in [6.07, 6.45) is 1.57. The van der Waals surface area contributed by atoms with Crippen molar-refractivity contribution in [1.29, 1.82) is 0 Å². The van der Waals surface area contributed by atoms with E-state index >= 15 is 0 Å². The van der Waals surface area contributed by atoms with E-state index in [4.69, 9.17) is 9.47 Å². The molecule has 1 saturated heterocycles. The number of carboxylic acids is 1. The van der Waals surface area contributed by atoms with E-state index in [1.54, 1.807) is 19.1 Å². The van der Waals surface area contributed by atoms with Crippen LogP contribution in [-0.2, 0) is 16.0 Å². The zero-order valence-electron chi connectivity index (χ0n) is 22.3. The molecule has 1 unspecified atom stereocenters. The molecule has 10 nitrogen and oxygen atoms in total. The van der Waals surface area contributed by atoms with E-state index in [9.17, 15) is 14.3 Å². The van der Waals surface area contributed by atoms with E-state index in [1.165, 1.54) is 12.1 Å². The molecule has 1 atom stereocenters. The van der Waals surface area contributed by atoms with Crippen LogP contribution in [0.4, 0.5) is 27.9 Å². The molecular weight excluding hydrogens is 503 g/mol. The number of aliphatic carboxylic acids is 1. The highest BCUT2D eigenvalue weighted by Gasteiger charge is 2.20. The number of hydrogen-bond acceptors (Lipinski definition) is 9. The second-order valence-corrected chi connectivity index (χ2v) is 9.49. The van der Waals surface area contributed by atoms with E-state index in [-0.39, 0.29) is 12.2 Å². The second-order valence-electron chi connectivity index (χ2n) is 9.49. The van der Waals surface area contributed by atoms with Crippen LogP contribution >= 0.6 is 0 Å². The van der Waals surface area contributed by atoms with Crippen molar-refractivity contribution in [3.8, 4) is 5.75 Å².